The minimum absolute atomic E-state index is 0.146. The van der Waals surface area contributed by atoms with Crippen LogP contribution in [0.2, 0.25) is 0 Å². The number of hydrogen-bond donors (Lipinski definition) is 1. The van der Waals surface area contributed by atoms with Crippen LogP contribution < -0.4 is 5.32 Å². The van der Waals surface area contributed by atoms with Crippen LogP contribution in [-0.2, 0) is 0 Å². The normalized spacial score (nSPS) is 10.5. The van der Waals surface area contributed by atoms with Crippen LogP contribution in [0.5, 0.6) is 0 Å². The molecule has 1 aromatic carbocycles. The van der Waals surface area contributed by atoms with Crippen LogP contribution in [0.3, 0.4) is 0 Å². The van der Waals surface area contributed by atoms with Crippen LogP contribution in [0.4, 0.5) is 11.5 Å². The quantitative estimate of drug-likeness (QED) is 0.440. The van der Waals surface area contributed by atoms with Crippen molar-refractivity contribution in [3.8, 4) is 5.82 Å². The molecule has 110 valence electrons. The van der Waals surface area contributed by atoms with E-state index in [4.69, 9.17) is 0 Å². The Hall–Kier alpha value is -3.29. The Morgan fingerprint density at radius 1 is 1.32 bits per heavy atom. The van der Waals surface area contributed by atoms with Gasteiger partial charge in [-0.15, -0.1) is 6.58 Å². The third-order valence-corrected chi connectivity index (χ3v) is 3.08. The van der Waals surface area contributed by atoms with E-state index in [-0.39, 0.29) is 17.3 Å². The first kappa shape index (κ1) is 13.7. The van der Waals surface area contributed by atoms with E-state index >= 15 is 0 Å². The van der Waals surface area contributed by atoms with E-state index in [0.717, 1.165) is 11.0 Å². The zero-order chi connectivity index (χ0) is 15.5. The maximum atomic E-state index is 11.5. The summed E-state index contributed by atoms with van der Waals surface area (Å²) in [5.41, 5.74) is 1.27. The number of anilines is 1. The first-order valence-electron chi connectivity index (χ1n) is 6.49. The molecule has 3 rings (SSSR count). The van der Waals surface area contributed by atoms with E-state index in [9.17, 15) is 10.1 Å². The van der Waals surface area contributed by atoms with Gasteiger partial charge in [-0.1, -0.05) is 18.2 Å². The SMILES string of the molecule is C=CCNc1ncnc(-n2cnc3ccccc32)c1[N+](=O)[O-]. The van der Waals surface area contributed by atoms with Crippen LogP contribution in [0, 0.1) is 10.1 Å². The summed E-state index contributed by atoms with van der Waals surface area (Å²) in [6.45, 7) is 3.94. The fraction of sp³-hybridized carbons (Fsp3) is 0.0714. The van der Waals surface area contributed by atoms with Crippen molar-refractivity contribution >= 4 is 22.5 Å². The number of nitrogens with one attached hydrogen (secondary N) is 1. The first-order valence-corrected chi connectivity index (χ1v) is 6.49. The fourth-order valence-electron chi connectivity index (χ4n) is 2.14. The Morgan fingerprint density at radius 2 is 2.14 bits per heavy atom. The number of para-hydroxylation sites is 2. The van der Waals surface area contributed by atoms with E-state index in [0.29, 0.717) is 6.54 Å². The van der Waals surface area contributed by atoms with Gasteiger partial charge in [-0.3, -0.25) is 14.7 Å². The summed E-state index contributed by atoms with van der Waals surface area (Å²) >= 11 is 0. The van der Waals surface area contributed by atoms with Gasteiger partial charge in [0.25, 0.3) is 0 Å². The van der Waals surface area contributed by atoms with E-state index < -0.39 is 4.92 Å². The molecule has 0 unspecified atom stereocenters. The fourth-order valence-corrected chi connectivity index (χ4v) is 2.14. The van der Waals surface area contributed by atoms with Gasteiger partial charge in [-0.2, -0.15) is 0 Å². The van der Waals surface area contributed by atoms with Crippen LogP contribution in [-0.4, -0.2) is 31.0 Å². The molecular formula is C14H12N6O2. The van der Waals surface area contributed by atoms with Gasteiger partial charge in [0.05, 0.1) is 16.0 Å². The highest BCUT2D eigenvalue weighted by Gasteiger charge is 2.24. The van der Waals surface area contributed by atoms with Crippen molar-refractivity contribution in [2.45, 2.75) is 0 Å². The minimum Gasteiger partial charge on any atom is -0.361 e. The number of aromatic nitrogens is 4. The molecule has 1 N–H and O–H groups in total. The Bertz CT molecular complexity index is 857. The second kappa shape index (κ2) is 5.60. The van der Waals surface area contributed by atoms with Crippen molar-refractivity contribution in [2.75, 3.05) is 11.9 Å². The Morgan fingerprint density at radius 3 is 2.91 bits per heavy atom. The molecule has 0 radical (unpaired) electrons. The number of rotatable bonds is 5. The minimum atomic E-state index is -0.504. The largest absolute Gasteiger partial charge is 0.361 e. The topological polar surface area (TPSA) is 98.8 Å². The molecule has 0 bridgehead atoms. The molecule has 0 saturated carbocycles. The molecule has 2 heterocycles. The zero-order valence-corrected chi connectivity index (χ0v) is 11.5. The standard InChI is InChI=1S/C14H12N6O2/c1-2-7-15-13-12(20(21)22)14(17-8-16-13)19-9-18-10-5-3-4-6-11(10)19/h2-6,8-9H,1,7H2,(H,15,16,17). The summed E-state index contributed by atoms with van der Waals surface area (Å²) in [5.74, 6) is 0.313. The summed E-state index contributed by atoms with van der Waals surface area (Å²) in [6.07, 6.45) is 4.39. The number of fused-ring (bicyclic) bond motifs is 1. The maximum Gasteiger partial charge on any atom is 0.354 e. The van der Waals surface area contributed by atoms with Crippen molar-refractivity contribution in [3.63, 3.8) is 0 Å². The summed E-state index contributed by atoms with van der Waals surface area (Å²) in [5, 5.41) is 14.3. The van der Waals surface area contributed by atoms with Crippen LogP contribution in [0.1, 0.15) is 0 Å². The Kier molecular flexibility index (Phi) is 3.48. The average molecular weight is 296 g/mol. The third-order valence-electron chi connectivity index (χ3n) is 3.08. The summed E-state index contributed by atoms with van der Waals surface area (Å²) in [6, 6.07) is 7.34. The van der Waals surface area contributed by atoms with Gasteiger partial charge in [-0.25, -0.2) is 15.0 Å². The molecule has 0 spiro atoms. The monoisotopic (exact) mass is 296 g/mol. The van der Waals surface area contributed by atoms with Crippen LogP contribution >= 0.6 is 0 Å². The molecule has 22 heavy (non-hydrogen) atoms. The lowest BCUT2D eigenvalue weighted by Crippen LogP contribution is -2.09. The van der Waals surface area contributed by atoms with Crippen molar-refractivity contribution in [2.24, 2.45) is 0 Å². The van der Waals surface area contributed by atoms with Gasteiger partial charge < -0.3 is 5.32 Å². The lowest BCUT2D eigenvalue weighted by atomic mass is 10.3. The third kappa shape index (κ3) is 2.26. The van der Waals surface area contributed by atoms with Gasteiger partial charge in [0.15, 0.2) is 0 Å². The van der Waals surface area contributed by atoms with Crippen molar-refractivity contribution < 1.29 is 4.92 Å². The van der Waals surface area contributed by atoms with E-state index in [1.165, 1.54) is 12.7 Å². The zero-order valence-electron chi connectivity index (χ0n) is 11.5. The molecule has 3 aromatic rings. The molecule has 0 aliphatic rings. The van der Waals surface area contributed by atoms with E-state index in [1.807, 2.05) is 24.3 Å². The predicted octanol–water partition coefficient (Wildman–Crippen LogP) is 2.32. The molecule has 2 aromatic heterocycles. The molecular weight excluding hydrogens is 284 g/mol. The number of nitro groups is 1. The molecule has 0 aliphatic heterocycles. The smallest absolute Gasteiger partial charge is 0.354 e. The number of nitrogens with zero attached hydrogens (tertiary/aromatic N) is 5. The lowest BCUT2D eigenvalue weighted by Gasteiger charge is -2.08. The molecule has 0 amide bonds. The second-order valence-electron chi connectivity index (χ2n) is 4.42. The molecule has 0 saturated heterocycles. The molecule has 8 nitrogen and oxygen atoms in total. The summed E-state index contributed by atoms with van der Waals surface area (Å²) < 4.78 is 1.58. The van der Waals surface area contributed by atoms with Crippen molar-refractivity contribution in [3.05, 3.63) is 59.7 Å². The highest BCUT2D eigenvalue weighted by atomic mass is 16.6. The number of hydrogen-bond acceptors (Lipinski definition) is 6. The number of imidazole rings is 1. The predicted molar refractivity (Wildman–Crippen MR) is 82.0 cm³/mol. The van der Waals surface area contributed by atoms with Gasteiger partial charge in [0.2, 0.25) is 11.6 Å². The molecule has 0 fully saturated rings. The van der Waals surface area contributed by atoms with Crippen LogP contribution in [0.15, 0.2) is 49.6 Å². The highest BCUT2D eigenvalue weighted by Crippen LogP contribution is 2.29. The molecule has 0 atom stereocenters. The summed E-state index contributed by atoms with van der Waals surface area (Å²) in [4.78, 5) is 23.2. The average Bonchev–Trinajstić information content (AvgIpc) is 2.96. The van der Waals surface area contributed by atoms with Crippen molar-refractivity contribution in [1.29, 1.82) is 0 Å². The van der Waals surface area contributed by atoms with Crippen molar-refractivity contribution in [1.82, 2.24) is 19.5 Å². The maximum absolute atomic E-state index is 11.5. The van der Waals surface area contributed by atoms with Gasteiger partial charge >= 0.3 is 5.69 Å². The van der Waals surface area contributed by atoms with Gasteiger partial charge in [0.1, 0.15) is 12.7 Å². The molecule has 0 aliphatic carbocycles. The Balaban J connectivity index is 2.22. The second-order valence-corrected chi connectivity index (χ2v) is 4.42. The Labute approximate surface area is 125 Å². The lowest BCUT2D eigenvalue weighted by molar-refractivity contribution is -0.384. The summed E-state index contributed by atoms with van der Waals surface area (Å²) in [7, 11) is 0. The van der Waals surface area contributed by atoms with Crippen LogP contribution in [0.25, 0.3) is 16.9 Å². The molecule has 8 heteroatoms. The highest BCUT2D eigenvalue weighted by molar-refractivity contribution is 5.79. The van der Waals surface area contributed by atoms with E-state index in [2.05, 4.69) is 26.8 Å². The van der Waals surface area contributed by atoms with Gasteiger partial charge in [-0.05, 0) is 12.1 Å². The van der Waals surface area contributed by atoms with Gasteiger partial charge in [0, 0.05) is 6.54 Å². The first-order chi connectivity index (χ1) is 10.7. The number of benzene rings is 1. The van der Waals surface area contributed by atoms with E-state index in [1.54, 1.807) is 10.6 Å².